The number of hydrogen-bond donors (Lipinski definition) is 1. The summed E-state index contributed by atoms with van der Waals surface area (Å²) in [6.07, 6.45) is 1.74. The molecule has 1 unspecified atom stereocenters. The van der Waals surface area contributed by atoms with E-state index in [0.717, 1.165) is 25.0 Å². The lowest BCUT2D eigenvalue weighted by molar-refractivity contribution is -0.144. The molecular formula is C16H22N2O3. The van der Waals surface area contributed by atoms with Crippen molar-refractivity contribution >= 4 is 11.8 Å². The van der Waals surface area contributed by atoms with E-state index in [2.05, 4.69) is 12.2 Å². The van der Waals surface area contributed by atoms with Crippen LogP contribution in [0, 0.1) is 0 Å². The van der Waals surface area contributed by atoms with Crippen LogP contribution in [0.3, 0.4) is 0 Å². The number of benzene rings is 1. The molecule has 1 aromatic rings. The molecule has 1 N–H and O–H groups in total. The Morgan fingerprint density at radius 3 is 2.71 bits per heavy atom. The molecule has 114 valence electrons. The molecule has 0 radical (unpaired) electrons. The topological polar surface area (TPSA) is 58.6 Å². The van der Waals surface area contributed by atoms with E-state index < -0.39 is 6.04 Å². The smallest absolute Gasteiger partial charge is 0.250 e. The molecule has 1 aliphatic heterocycles. The summed E-state index contributed by atoms with van der Waals surface area (Å²) in [4.78, 5) is 25.9. The highest BCUT2D eigenvalue weighted by atomic mass is 16.5. The van der Waals surface area contributed by atoms with Crippen molar-refractivity contribution in [2.75, 3.05) is 26.3 Å². The number of piperazine rings is 1. The van der Waals surface area contributed by atoms with Crippen molar-refractivity contribution in [1.29, 1.82) is 0 Å². The molecule has 1 saturated heterocycles. The SMILES string of the molecule is CCCOCCCN1CC(=O)NC(c2ccccc2)C1=O. The largest absolute Gasteiger partial charge is 0.381 e. The molecule has 21 heavy (non-hydrogen) atoms. The first-order valence-corrected chi connectivity index (χ1v) is 7.43. The number of nitrogens with zero attached hydrogens (tertiary/aromatic N) is 1. The average Bonchev–Trinajstić information content (AvgIpc) is 2.51. The van der Waals surface area contributed by atoms with Gasteiger partial charge in [-0.1, -0.05) is 37.3 Å². The second kappa shape index (κ2) is 7.78. The maximum atomic E-state index is 12.5. The minimum atomic E-state index is -0.566. The van der Waals surface area contributed by atoms with E-state index in [1.165, 1.54) is 0 Å². The van der Waals surface area contributed by atoms with Gasteiger partial charge in [0.15, 0.2) is 0 Å². The summed E-state index contributed by atoms with van der Waals surface area (Å²) in [5.74, 6) is -0.158. The molecular weight excluding hydrogens is 268 g/mol. The van der Waals surface area contributed by atoms with E-state index in [0.29, 0.717) is 13.2 Å². The summed E-state index contributed by atoms with van der Waals surface area (Å²) in [6.45, 7) is 4.11. The van der Waals surface area contributed by atoms with E-state index in [4.69, 9.17) is 4.74 Å². The van der Waals surface area contributed by atoms with Crippen LogP contribution in [-0.4, -0.2) is 43.0 Å². The second-order valence-electron chi connectivity index (χ2n) is 5.14. The Labute approximate surface area is 125 Å². The summed E-state index contributed by atoms with van der Waals surface area (Å²) in [5.41, 5.74) is 0.822. The molecule has 5 nitrogen and oxygen atoms in total. The first-order valence-electron chi connectivity index (χ1n) is 7.43. The summed E-state index contributed by atoms with van der Waals surface area (Å²) in [5, 5.41) is 2.76. The molecule has 1 aliphatic rings. The van der Waals surface area contributed by atoms with Gasteiger partial charge in [0.1, 0.15) is 6.04 Å². The van der Waals surface area contributed by atoms with Crippen molar-refractivity contribution in [3.63, 3.8) is 0 Å². The number of nitrogens with one attached hydrogen (secondary N) is 1. The Morgan fingerprint density at radius 1 is 1.24 bits per heavy atom. The lowest BCUT2D eigenvalue weighted by Gasteiger charge is -2.32. The Bertz CT molecular complexity index is 476. The average molecular weight is 290 g/mol. The monoisotopic (exact) mass is 290 g/mol. The van der Waals surface area contributed by atoms with Gasteiger partial charge in [-0.2, -0.15) is 0 Å². The fraction of sp³-hybridized carbons (Fsp3) is 0.500. The molecule has 5 heteroatoms. The van der Waals surface area contributed by atoms with E-state index >= 15 is 0 Å². The molecule has 0 bridgehead atoms. The molecule has 0 saturated carbocycles. The summed E-state index contributed by atoms with van der Waals surface area (Å²) in [7, 11) is 0. The van der Waals surface area contributed by atoms with Crippen LogP contribution in [0.15, 0.2) is 30.3 Å². The number of hydrogen-bond acceptors (Lipinski definition) is 3. The van der Waals surface area contributed by atoms with Crippen LogP contribution >= 0.6 is 0 Å². The number of amides is 2. The van der Waals surface area contributed by atoms with Crippen LogP contribution in [0.25, 0.3) is 0 Å². The second-order valence-corrected chi connectivity index (χ2v) is 5.14. The normalized spacial score (nSPS) is 18.7. The molecule has 1 aromatic carbocycles. The first-order chi connectivity index (χ1) is 10.2. The fourth-order valence-corrected chi connectivity index (χ4v) is 2.37. The first kappa shape index (κ1) is 15.5. The van der Waals surface area contributed by atoms with Crippen LogP contribution < -0.4 is 5.32 Å². The van der Waals surface area contributed by atoms with Crippen molar-refractivity contribution in [3.8, 4) is 0 Å². The van der Waals surface area contributed by atoms with Crippen molar-refractivity contribution in [1.82, 2.24) is 10.2 Å². The van der Waals surface area contributed by atoms with Gasteiger partial charge in [0, 0.05) is 19.8 Å². The van der Waals surface area contributed by atoms with Crippen molar-refractivity contribution in [2.24, 2.45) is 0 Å². The van der Waals surface area contributed by atoms with Gasteiger partial charge in [-0.25, -0.2) is 0 Å². The predicted molar refractivity (Wildman–Crippen MR) is 79.6 cm³/mol. The zero-order chi connectivity index (χ0) is 15.1. The molecule has 1 atom stereocenters. The van der Waals surface area contributed by atoms with Gasteiger partial charge >= 0.3 is 0 Å². The highest BCUT2D eigenvalue weighted by Gasteiger charge is 2.33. The van der Waals surface area contributed by atoms with Gasteiger partial charge in [0.2, 0.25) is 11.8 Å². The third kappa shape index (κ3) is 4.29. The number of carbonyl (C=O) groups is 2. The van der Waals surface area contributed by atoms with Crippen LogP contribution in [0.2, 0.25) is 0 Å². The fourth-order valence-electron chi connectivity index (χ4n) is 2.37. The Morgan fingerprint density at radius 2 is 2.00 bits per heavy atom. The molecule has 0 spiro atoms. The molecule has 0 aliphatic carbocycles. The zero-order valence-electron chi connectivity index (χ0n) is 12.4. The lowest BCUT2D eigenvalue weighted by Crippen LogP contribution is -2.53. The summed E-state index contributed by atoms with van der Waals surface area (Å²) >= 11 is 0. The Balaban J connectivity index is 1.93. The summed E-state index contributed by atoms with van der Waals surface area (Å²) in [6, 6.07) is 8.78. The van der Waals surface area contributed by atoms with Gasteiger partial charge in [0.05, 0.1) is 6.54 Å². The highest BCUT2D eigenvalue weighted by molar-refractivity contribution is 5.95. The van der Waals surface area contributed by atoms with Crippen molar-refractivity contribution < 1.29 is 14.3 Å². The van der Waals surface area contributed by atoms with Crippen LogP contribution in [0.1, 0.15) is 31.4 Å². The molecule has 2 rings (SSSR count). The lowest BCUT2D eigenvalue weighted by atomic mass is 10.0. The Kier molecular flexibility index (Phi) is 5.75. The van der Waals surface area contributed by atoms with Gasteiger partial charge in [-0.05, 0) is 18.4 Å². The highest BCUT2D eigenvalue weighted by Crippen LogP contribution is 2.19. The number of rotatable bonds is 7. The van der Waals surface area contributed by atoms with Crippen LogP contribution in [0.5, 0.6) is 0 Å². The molecule has 1 fully saturated rings. The Hall–Kier alpha value is -1.88. The van der Waals surface area contributed by atoms with Crippen LogP contribution in [0.4, 0.5) is 0 Å². The maximum absolute atomic E-state index is 12.5. The number of carbonyl (C=O) groups excluding carboxylic acids is 2. The van der Waals surface area contributed by atoms with Gasteiger partial charge < -0.3 is 15.0 Å². The quantitative estimate of drug-likeness (QED) is 0.774. The third-order valence-corrected chi connectivity index (χ3v) is 3.40. The number of ether oxygens (including phenoxy) is 1. The molecule has 2 amide bonds. The van der Waals surface area contributed by atoms with Crippen LogP contribution in [-0.2, 0) is 14.3 Å². The van der Waals surface area contributed by atoms with Gasteiger partial charge in [-0.3, -0.25) is 9.59 Å². The third-order valence-electron chi connectivity index (χ3n) is 3.40. The van der Waals surface area contributed by atoms with E-state index in [1.54, 1.807) is 4.90 Å². The van der Waals surface area contributed by atoms with E-state index in [-0.39, 0.29) is 18.4 Å². The minimum Gasteiger partial charge on any atom is -0.381 e. The molecule has 1 heterocycles. The van der Waals surface area contributed by atoms with Gasteiger partial charge in [-0.15, -0.1) is 0 Å². The van der Waals surface area contributed by atoms with Gasteiger partial charge in [0.25, 0.3) is 0 Å². The predicted octanol–water partition coefficient (Wildman–Crippen LogP) is 1.50. The van der Waals surface area contributed by atoms with Crippen molar-refractivity contribution in [3.05, 3.63) is 35.9 Å². The van der Waals surface area contributed by atoms with E-state index in [1.807, 2.05) is 30.3 Å². The standard InChI is InChI=1S/C16H22N2O3/c1-2-10-21-11-6-9-18-12-14(19)17-15(16(18)20)13-7-4-3-5-8-13/h3-5,7-8,15H,2,6,9-12H2,1H3,(H,17,19). The van der Waals surface area contributed by atoms with Crippen molar-refractivity contribution in [2.45, 2.75) is 25.8 Å². The van der Waals surface area contributed by atoms with E-state index in [9.17, 15) is 9.59 Å². The zero-order valence-corrected chi connectivity index (χ0v) is 12.4. The minimum absolute atomic E-state index is 0.0451. The summed E-state index contributed by atoms with van der Waals surface area (Å²) < 4.78 is 5.41. The maximum Gasteiger partial charge on any atom is 0.250 e. The molecule has 0 aromatic heterocycles.